The molecule has 1 aliphatic rings. The Balaban J connectivity index is 1.91. The van der Waals surface area contributed by atoms with Crippen LogP contribution in [0.15, 0.2) is 41.1 Å². The minimum absolute atomic E-state index is 0.170. The lowest BCUT2D eigenvalue weighted by Crippen LogP contribution is -2.52. The Morgan fingerprint density at radius 1 is 1.18 bits per heavy atom. The molecule has 0 radical (unpaired) electrons. The number of carbonyl (C=O) groups excluding carboxylic acids is 1. The normalized spacial score (nSPS) is 19.1. The second-order valence-electron chi connectivity index (χ2n) is 7.18. The van der Waals surface area contributed by atoms with Crippen LogP contribution in [0.5, 0.6) is 0 Å². The highest BCUT2D eigenvalue weighted by Crippen LogP contribution is 2.47. The molecule has 2 aromatic rings. The quantitative estimate of drug-likeness (QED) is 0.501. The number of nitrogens with zero attached hydrogens (tertiary/aromatic N) is 1. The molecule has 1 aliphatic carbocycles. The molecule has 1 aromatic carbocycles. The van der Waals surface area contributed by atoms with E-state index in [2.05, 4.69) is 26.2 Å². The predicted octanol–water partition coefficient (Wildman–Crippen LogP) is 6.42. The van der Waals surface area contributed by atoms with Crippen LogP contribution in [0.3, 0.4) is 0 Å². The first-order valence-corrected chi connectivity index (χ1v) is 10.4. The van der Waals surface area contributed by atoms with Crippen LogP contribution in [-0.4, -0.2) is 22.9 Å². The molecular formula is C20H19BrCl2F2N2O. The molecule has 0 aliphatic heterocycles. The maximum absolute atomic E-state index is 13.9. The monoisotopic (exact) mass is 490 g/mol. The average Bonchev–Trinajstić information content (AvgIpc) is 2.65. The molecule has 3 rings (SSSR count). The number of halogens is 5. The molecule has 150 valence electrons. The molecule has 3 nitrogen and oxygen atoms in total. The van der Waals surface area contributed by atoms with Crippen molar-refractivity contribution in [2.45, 2.75) is 50.0 Å². The van der Waals surface area contributed by atoms with Gasteiger partial charge >= 0.3 is 0 Å². The molecule has 1 N–H and O–H groups in total. The lowest BCUT2D eigenvalue weighted by Gasteiger charge is -2.44. The van der Waals surface area contributed by atoms with Crippen LogP contribution in [0.1, 0.15) is 48.5 Å². The summed E-state index contributed by atoms with van der Waals surface area (Å²) in [5.74, 6) is -3.08. The van der Waals surface area contributed by atoms with Gasteiger partial charge in [-0.05, 0) is 59.5 Å². The standard InChI is InChI=1S/C20H19BrCl2F2N2O/c1-12(27-18(28)14-3-2-4-15(22)17(14)23)19(7-9-20(24,25)10-8-19)13-5-6-16(21)26-11-13/h2-6,11-12H,7-10H2,1H3,(H,27,28). The summed E-state index contributed by atoms with van der Waals surface area (Å²) in [6, 6.07) is 8.07. The highest BCUT2D eigenvalue weighted by molar-refractivity contribution is 9.10. The van der Waals surface area contributed by atoms with Crippen LogP contribution in [0.2, 0.25) is 10.0 Å². The van der Waals surface area contributed by atoms with E-state index in [4.69, 9.17) is 23.2 Å². The fraction of sp³-hybridized carbons (Fsp3) is 0.400. The number of carbonyl (C=O) groups is 1. The Morgan fingerprint density at radius 3 is 2.46 bits per heavy atom. The maximum atomic E-state index is 13.9. The Hall–Kier alpha value is -1.24. The van der Waals surface area contributed by atoms with Gasteiger partial charge in [-0.15, -0.1) is 0 Å². The first-order chi connectivity index (χ1) is 13.1. The third-order valence-electron chi connectivity index (χ3n) is 5.55. The molecule has 0 bridgehead atoms. The first kappa shape index (κ1) is 21.5. The van der Waals surface area contributed by atoms with Crippen molar-refractivity contribution in [1.82, 2.24) is 10.3 Å². The summed E-state index contributed by atoms with van der Waals surface area (Å²) in [5.41, 5.74) is 0.443. The zero-order valence-corrected chi connectivity index (χ0v) is 18.2. The SMILES string of the molecule is CC(NC(=O)c1cccc(Cl)c1Cl)C1(c2ccc(Br)nc2)CCC(F)(F)CC1. The van der Waals surface area contributed by atoms with E-state index in [-0.39, 0.29) is 47.2 Å². The molecule has 1 aromatic heterocycles. The van der Waals surface area contributed by atoms with Gasteiger partial charge in [-0.2, -0.15) is 0 Å². The number of aromatic nitrogens is 1. The molecule has 0 saturated heterocycles. The Labute approximate surface area is 181 Å². The van der Waals surface area contributed by atoms with Crippen molar-refractivity contribution in [2.24, 2.45) is 0 Å². The summed E-state index contributed by atoms with van der Waals surface area (Å²) in [5, 5.41) is 3.40. The van der Waals surface area contributed by atoms with E-state index in [1.807, 2.05) is 13.0 Å². The fourth-order valence-electron chi connectivity index (χ4n) is 3.80. The number of hydrogen-bond acceptors (Lipinski definition) is 2. The molecule has 1 saturated carbocycles. The van der Waals surface area contributed by atoms with Crippen molar-refractivity contribution < 1.29 is 13.6 Å². The zero-order valence-electron chi connectivity index (χ0n) is 15.1. The van der Waals surface area contributed by atoms with Gasteiger partial charge in [0.2, 0.25) is 5.92 Å². The third-order valence-corrected chi connectivity index (χ3v) is 6.84. The highest BCUT2D eigenvalue weighted by Gasteiger charge is 2.47. The van der Waals surface area contributed by atoms with Gasteiger partial charge in [-0.1, -0.05) is 35.3 Å². The van der Waals surface area contributed by atoms with Crippen molar-refractivity contribution >= 4 is 45.0 Å². The zero-order chi connectivity index (χ0) is 20.5. The van der Waals surface area contributed by atoms with Crippen LogP contribution in [0.4, 0.5) is 8.78 Å². The Morgan fingerprint density at radius 2 is 1.86 bits per heavy atom. The smallest absolute Gasteiger partial charge is 0.253 e. The first-order valence-electron chi connectivity index (χ1n) is 8.89. The molecule has 1 fully saturated rings. The Kier molecular flexibility index (Phi) is 6.32. The van der Waals surface area contributed by atoms with Gasteiger partial charge < -0.3 is 5.32 Å². The number of benzene rings is 1. The van der Waals surface area contributed by atoms with Gasteiger partial charge in [0.15, 0.2) is 0 Å². The molecule has 1 heterocycles. The minimum atomic E-state index is -2.69. The van der Waals surface area contributed by atoms with Crippen molar-refractivity contribution in [2.75, 3.05) is 0 Å². The summed E-state index contributed by atoms with van der Waals surface area (Å²) >= 11 is 15.5. The predicted molar refractivity (Wildman–Crippen MR) is 110 cm³/mol. The number of nitrogens with one attached hydrogen (secondary N) is 1. The lowest BCUT2D eigenvalue weighted by atomic mass is 9.64. The number of pyridine rings is 1. The topological polar surface area (TPSA) is 42.0 Å². The van der Waals surface area contributed by atoms with Crippen LogP contribution >= 0.6 is 39.1 Å². The molecule has 1 amide bonds. The van der Waals surface area contributed by atoms with Crippen LogP contribution in [0.25, 0.3) is 0 Å². The van der Waals surface area contributed by atoms with Crippen molar-refractivity contribution in [3.05, 3.63) is 62.3 Å². The summed E-state index contributed by atoms with van der Waals surface area (Å²) in [4.78, 5) is 17.1. The van der Waals surface area contributed by atoms with E-state index >= 15 is 0 Å². The third kappa shape index (κ3) is 4.34. The average molecular weight is 492 g/mol. The number of alkyl halides is 2. The van der Waals surface area contributed by atoms with Crippen molar-refractivity contribution in [3.8, 4) is 0 Å². The molecule has 28 heavy (non-hydrogen) atoms. The van der Waals surface area contributed by atoms with Crippen LogP contribution in [-0.2, 0) is 5.41 Å². The molecule has 8 heteroatoms. The summed E-state index contributed by atoms with van der Waals surface area (Å²) in [6.07, 6.45) is 1.70. The second-order valence-corrected chi connectivity index (χ2v) is 8.78. The van der Waals surface area contributed by atoms with E-state index in [9.17, 15) is 13.6 Å². The van der Waals surface area contributed by atoms with Gasteiger partial charge in [-0.3, -0.25) is 4.79 Å². The largest absolute Gasteiger partial charge is 0.349 e. The van der Waals surface area contributed by atoms with E-state index in [0.29, 0.717) is 4.60 Å². The highest BCUT2D eigenvalue weighted by atomic mass is 79.9. The number of amides is 1. The van der Waals surface area contributed by atoms with Crippen molar-refractivity contribution in [1.29, 1.82) is 0 Å². The molecule has 0 spiro atoms. The minimum Gasteiger partial charge on any atom is -0.349 e. The summed E-state index contributed by atoms with van der Waals surface area (Å²) in [6.45, 7) is 1.84. The fourth-order valence-corrected chi connectivity index (χ4v) is 4.42. The van der Waals surface area contributed by atoms with Crippen LogP contribution in [0, 0.1) is 0 Å². The van der Waals surface area contributed by atoms with Crippen molar-refractivity contribution in [3.63, 3.8) is 0 Å². The van der Waals surface area contributed by atoms with E-state index in [1.165, 1.54) is 0 Å². The summed E-state index contributed by atoms with van der Waals surface area (Å²) < 4.78 is 28.4. The van der Waals surface area contributed by atoms with E-state index < -0.39 is 17.4 Å². The van der Waals surface area contributed by atoms with Crippen LogP contribution < -0.4 is 5.32 Å². The summed E-state index contributed by atoms with van der Waals surface area (Å²) in [7, 11) is 0. The number of rotatable bonds is 4. The lowest BCUT2D eigenvalue weighted by molar-refractivity contribution is -0.0559. The second kappa shape index (κ2) is 8.25. The molecule has 1 atom stereocenters. The molecule has 1 unspecified atom stereocenters. The van der Waals surface area contributed by atoms with Gasteiger partial charge in [-0.25, -0.2) is 13.8 Å². The Bertz CT molecular complexity index is 867. The maximum Gasteiger partial charge on any atom is 0.253 e. The van der Waals surface area contributed by atoms with Gasteiger partial charge in [0.25, 0.3) is 5.91 Å². The number of hydrogen-bond donors (Lipinski definition) is 1. The van der Waals surface area contributed by atoms with Gasteiger partial charge in [0.1, 0.15) is 4.60 Å². The van der Waals surface area contributed by atoms with E-state index in [0.717, 1.165) is 5.56 Å². The van der Waals surface area contributed by atoms with E-state index in [1.54, 1.807) is 30.5 Å². The van der Waals surface area contributed by atoms with Gasteiger partial charge in [0, 0.05) is 30.5 Å². The molecular weight excluding hydrogens is 473 g/mol. The van der Waals surface area contributed by atoms with Gasteiger partial charge in [0.05, 0.1) is 15.6 Å².